The van der Waals surface area contributed by atoms with Gasteiger partial charge in [-0.25, -0.2) is 0 Å². The molecule has 0 fully saturated rings. The minimum Gasteiger partial charge on any atom is -0.395 e. The summed E-state index contributed by atoms with van der Waals surface area (Å²) in [5.74, 6) is -0.171. The summed E-state index contributed by atoms with van der Waals surface area (Å²) in [5.41, 5.74) is 3.66. The molecule has 0 aliphatic rings. The molecule has 0 saturated heterocycles. The van der Waals surface area contributed by atoms with Crippen LogP contribution in [-0.4, -0.2) is 30.2 Å². The Kier molecular flexibility index (Phi) is 6.64. The van der Waals surface area contributed by atoms with E-state index >= 15 is 0 Å². The van der Waals surface area contributed by atoms with Crippen LogP contribution in [0.1, 0.15) is 28.4 Å². The third-order valence-electron chi connectivity index (χ3n) is 3.83. The zero-order valence-electron chi connectivity index (χ0n) is 14.0. The number of aliphatic hydroxyl groups is 1. The summed E-state index contributed by atoms with van der Waals surface area (Å²) in [6.45, 7) is 4.21. The molecule has 2 aromatic carbocycles. The Morgan fingerprint density at radius 2 is 1.92 bits per heavy atom. The maximum atomic E-state index is 12.1. The average Bonchev–Trinajstić information content (AvgIpc) is 2.56. The predicted molar refractivity (Wildman–Crippen MR) is 98.8 cm³/mol. The molecule has 0 spiro atoms. The first-order chi connectivity index (χ1) is 11.5. The molecular weight excluding hydrogens is 324 g/mol. The molecule has 4 nitrogen and oxygen atoms in total. The highest BCUT2D eigenvalue weighted by Crippen LogP contribution is 2.21. The van der Waals surface area contributed by atoms with Crippen molar-refractivity contribution in [3.63, 3.8) is 0 Å². The number of hydrogen-bond acceptors (Lipinski definition) is 3. The number of halogens is 1. The van der Waals surface area contributed by atoms with E-state index in [-0.39, 0.29) is 25.1 Å². The fraction of sp³-hybridized carbons (Fsp3) is 0.316. The molecular formula is C19H23ClN2O2. The monoisotopic (exact) mass is 346 g/mol. The van der Waals surface area contributed by atoms with Crippen molar-refractivity contribution in [3.05, 3.63) is 64.2 Å². The van der Waals surface area contributed by atoms with Crippen molar-refractivity contribution >= 4 is 23.2 Å². The largest absolute Gasteiger partial charge is 0.395 e. The zero-order valence-corrected chi connectivity index (χ0v) is 14.7. The average molecular weight is 347 g/mol. The second-order valence-corrected chi connectivity index (χ2v) is 6.27. The number of benzene rings is 2. The van der Waals surface area contributed by atoms with Gasteiger partial charge in [0, 0.05) is 28.9 Å². The normalized spacial score (nSPS) is 11.8. The van der Waals surface area contributed by atoms with Crippen molar-refractivity contribution in [1.29, 1.82) is 0 Å². The number of aliphatic hydroxyl groups excluding tert-OH is 1. The number of carbonyl (C=O) groups excluding carboxylic acids is 1. The first-order valence-corrected chi connectivity index (χ1v) is 8.38. The summed E-state index contributed by atoms with van der Waals surface area (Å²) in [5, 5.41) is 15.7. The van der Waals surface area contributed by atoms with E-state index in [0.717, 1.165) is 22.7 Å². The Morgan fingerprint density at radius 1 is 1.21 bits per heavy atom. The van der Waals surface area contributed by atoms with E-state index in [0.29, 0.717) is 5.56 Å². The lowest BCUT2D eigenvalue weighted by molar-refractivity contribution is 0.0944. The third kappa shape index (κ3) is 4.98. The number of hydrogen-bond donors (Lipinski definition) is 3. The van der Waals surface area contributed by atoms with Gasteiger partial charge in [-0.2, -0.15) is 0 Å². The van der Waals surface area contributed by atoms with Crippen molar-refractivity contribution in [2.45, 2.75) is 26.3 Å². The van der Waals surface area contributed by atoms with Gasteiger partial charge in [0.15, 0.2) is 0 Å². The van der Waals surface area contributed by atoms with E-state index in [1.807, 2.05) is 43.3 Å². The Labute approximate surface area is 147 Å². The minimum atomic E-state index is -0.171. The molecule has 0 aliphatic carbocycles. The van der Waals surface area contributed by atoms with Crippen LogP contribution >= 0.6 is 11.6 Å². The second kappa shape index (κ2) is 8.71. The summed E-state index contributed by atoms with van der Waals surface area (Å²) in [6, 6.07) is 13.6. The van der Waals surface area contributed by atoms with E-state index in [1.54, 1.807) is 6.07 Å². The van der Waals surface area contributed by atoms with E-state index in [1.165, 1.54) is 5.56 Å². The highest BCUT2D eigenvalue weighted by molar-refractivity contribution is 6.30. The quantitative estimate of drug-likeness (QED) is 0.720. The molecule has 1 unspecified atom stereocenters. The summed E-state index contributed by atoms with van der Waals surface area (Å²) >= 11 is 5.91. The maximum Gasteiger partial charge on any atom is 0.251 e. The van der Waals surface area contributed by atoms with Gasteiger partial charge in [0.05, 0.1) is 6.61 Å². The Balaban J connectivity index is 2.06. The van der Waals surface area contributed by atoms with Gasteiger partial charge in [-0.1, -0.05) is 29.8 Å². The molecule has 0 saturated carbocycles. The van der Waals surface area contributed by atoms with E-state index in [9.17, 15) is 4.79 Å². The minimum absolute atomic E-state index is 0.0686. The van der Waals surface area contributed by atoms with Crippen molar-refractivity contribution in [2.24, 2.45) is 0 Å². The second-order valence-electron chi connectivity index (χ2n) is 5.83. The fourth-order valence-electron chi connectivity index (χ4n) is 2.59. The van der Waals surface area contributed by atoms with Gasteiger partial charge in [-0.15, -0.1) is 0 Å². The smallest absolute Gasteiger partial charge is 0.251 e. The molecule has 0 heterocycles. The highest BCUT2D eigenvalue weighted by atomic mass is 35.5. The molecule has 0 aliphatic heterocycles. The summed E-state index contributed by atoms with van der Waals surface area (Å²) in [7, 11) is 0. The lowest BCUT2D eigenvalue weighted by Gasteiger charge is -2.19. The van der Waals surface area contributed by atoms with E-state index in [2.05, 4.69) is 17.6 Å². The predicted octanol–water partition coefficient (Wildman–Crippen LogP) is 3.41. The van der Waals surface area contributed by atoms with Crippen LogP contribution in [0.5, 0.6) is 0 Å². The third-order valence-corrected chi connectivity index (χ3v) is 4.08. The van der Waals surface area contributed by atoms with Gasteiger partial charge in [-0.3, -0.25) is 4.79 Å². The Bertz CT molecular complexity index is 686. The molecule has 0 bridgehead atoms. The molecule has 24 heavy (non-hydrogen) atoms. The van der Waals surface area contributed by atoms with E-state index < -0.39 is 0 Å². The maximum absolute atomic E-state index is 12.1. The van der Waals surface area contributed by atoms with Crippen LogP contribution in [-0.2, 0) is 6.42 Å². The SMILES string of the molecule is Cc1c(NC(C)Cc2ccc(Cl)cc2)cccc1C(=O)NCCO. The Morgan fingerprint density at radius 3 is 2.58 bits per heavy atom. The number of amides is 1. The molecule has 2 aromatic rings. The fourth-order valence-corrected chi connectivity index (χ4v) is 2.72. The summed E-state index contributed by atoms with van der Waals surface area (Å²) in [4.78, 5) is 12.1. The van der Waals surface area contributed by atoms with E-state index in [4.69, 9.17) is 16.7 Å². The number of nitrogens with one attached hydrogen (secondary N) is 2. The summed E-state index contributed by atoms with van der Waals surface area (Å²) in [6.07, 6.45) is 0.859. The molecule has 128 valence electrons. The van der Waals surface area contributed by atoms with Gasteiger partial charge in [0.1, 0.15) is 0 Å². The van der Waals surface area contributed by atoms with Gasteiger partial charge in [-0.05, 0) is 55.7 Å². The van der Waals surface area contributed by atoms with Gasteiger partial charge < -0.3 is 15.7 Å². The Hall–Kier alpha value is -2.04. The van der Waals surface area contributed by atoms with Crippen LogP contribution in [0, 0.1) is 6.92 Å². The molecule has 1 amide bonds. The molecule has 0 radical (unpaired) electrons. The standard InChI is InChI=1S/C19H23ClN2O2/c1-13(12-15-6-8-16(20)9-7-15)22-18-5-3-4-17(14(18)2)19(24)21-10-11-23/h3-9,13,22-23H,10-12H2,1-2H3,(H,21,24). The first kappa shape index (κ1) is 18.3. The molecule has 5 heteroatoms. The van der Waals surface area contributed by atoms with Crippen LogP contribution < -0.4 is 10.6 Å². The van der Waals surface area contributed by atoms with Crippen LogP contribution in [0.15, 0.2) is 42.5 Å². The topological polar surface area (TPSA) is 61.4 Å². The van der Waals surface area contributed by atoms with Crippen molar-refractivity contribution < 1.29 is 9.90 Å². The van der Waals surface area contributed by atoms with Gasteiger partial charge >= 0.3 is 0 Å². The number of rotatable bonds is 7. The van der Waals surface area contributed by atoms with Crippen molar-refractivity contribution in [1.82, 2.24) is 5.32 Å². The van der Waals surface area contributed by atoms with Crippen LogP contribution in [0.4, 0.5) is 5.69 Å². The molecule has 2 rings (SSSR count). The molecule has 3 N–H and O–H groups in total. The molecule has 0 aromatic heterocycles. The zero-order chi connectivity index (χ0) is 17.5. The summed E-state index contributed by atoms with van der Waals surface area (Å²) < 4.78 is 0. The lowest BCUT2D eigenvalue weighted by atomic mass is 10.0. The van der Waals surface area contributed by atoms with Crippen LogP contribution in [0.3, 0.4) is 0 Å². The van der Waals surface area contributed by atoms with Crippen molar-refractivity contribution in [3.8, 4) is 0 Å². The van der Waals surface area contributed by atoms with Crippen molar-refractivity contribution in [2.75, 3.05) is 18.5 Å². The van der Waals surface area contributed by atoms with Gasteiger partial charge in [0.2, 0.25) is 0 Å². The van der Waals surface area contributed by atoms with Gasteiger partial charge in [0.25, 0.3) is 5.91 Å². The number of carbonyl (C=O) groups is 1. The number of anilines is 1. The lowest BCUT2D eigenvalue weighted by Crippen LogP contribution is -2.27. The van der Waals surface area contributed by atoms with Crippen LogP contribution in [0.25, 0.3) is 0 Å². The van der Waals surface area contributed by atoms with Crippen LogP contribution in [0.2, 0.25) is 5.02 Å². The molecule has 1 atom stereocenters. The highest BCUT2D eigenvalue weighted by Gasteiger charge is 2.12. The first-order valence-electron chi connectivity index (χ1n) is 8.01.